The maximum absolute atomic E-state index is 11.9. The molecule has 3 atom stereocenters. The molecule has 0 unspecified atom stereocenters. The Hall–Kier alpha value is -2.45. The Morgan fingerprint density at radius 3 is 2.50 bits per heavy atom. The van der Waals surface area contributed by atoms with E-state index in [1.165, 1.54) is 0 Å². The van der Waals surface area contributed by atoms with Crippen molar-refractivity contribution in [3.05, 3.63) is 29.8 Å². The summed E-state index contributed by atoms with van der Waals surface area (Å²) in [5.41, 5.74) is 1.07. The zero-order chi connectivity index (χ0) is 23.8. The van der Waals surface area contributed by atoms with Crippen LogP contribution in [0.1, 0.15) is 39.7 Å². The first kappa shape index (κ1) is 25.8. The standard InChI is InChI=1S/C25H35NO5Si/c1-8-11-22(31-32(6,7)25(2,3)4)23-21(26-24(27)30-23)12-9-10-17-29-18-19-13-15-20(28-5)16-14-19/h13-16,21-23H,10,17-18H2,1-7H3,(H,26,27)/t21-,22-,23-/m0/s1. The Labute approximate surface area is 193 Å². The number of rotatable bonds is 8. The zero-order valence-electron chi connectivity index (χ0n) is 20.2. The van der Waals surface area contributed by atoms with Gasteiger partial charge in [0, 0.05) is 6.42 Å². The molecule has 1 fully saturated rings. The van der Waals surface area contributed by atoms with E-state index in [2.05, 4.69) is 62.9 Å². The lowest BCUT2D eigenvalue weighted by Gasteiger charge is -2.39. The first-order valence-electron chi connectivity index (χ1n) is 10.8. The Balaban J connectivity index is 1.94. The molecule has 2 rings (SSSR count). The van der Waals surface area contributed by atoms with Gasteiger partial charge in [0.25, 0.3) is 0 Å². The lowest BCUT2D eigenvalue weighted by Crippen LogP contribution is -2.49. The highest BCUT2D eigenvalue weighted by atomic mass is 28.4. The van der Waals surface area contributed by atoms with E-state index >= 15 is 0 Å². The number of nitrogens with one attached hydrogen (secondary N) is 1. The van der Waals surface area contributed by atoms with Gasteiger partial charge in [-0.25, -0.2) is 4.79 Å². The summed E-state index contributed by atoms with van der Waals surface area (Å²) < 4.78 is 22.8. The number of carbonyl (C=O) groups excluding carboxylic acids is 1. The Morgan fingerprint density at radius 2 is 1.91 bits per heavy atom. The predicted octanol–water partition coefficient (Wildman–Crippen LogP) is 4.50. The van der Waals surface area contributed by atoms with Crippen molar-refractivity contribution in [3.8, 4) is 29.4 Å². The fraction of sp³-hybridized carbons (Fsp3) is 0.560. The SMILES string of the molecule is CC#C[C@H](O[Si](C)(C)C(C)(C)C)[C@H]1OC(=O)N[C@H]1C#CCCOCc1ccc(OC)cc1. The van der Waals surface area contributed by atoms with Gasteiger partial charge in [-0.05, 0) is 42.8 Å². The molecule has 1 aromatic carbocycles. The molecule has 1 amide bonds. The number of alkyl carbamates (subject to hydrolysis) is 1. The summed E-state index contributed by atoms with van der Waals surface area (Å²) in [7, 11) is -0.467. The van der Waals surface area contributed by atoms with Crippen molar-refractivity contribution >= 4 is 14.4 Å². The Morgan fingerprint density at radius 1 is 1.22 bits per heavy atom. The third-order valence-electron chi connectivity index (χ3n) is 5.71. The molecule has 0 aromatic heterocycles. The second kappa shape index (κ2) is 11.4. The molecule has 1 aromatic rings. The van der Waals surface area contributed by atoms with Crippen LogP contribution in [-0.2, 0) is 20.5 Å². The van der Waals surface area contributed by atoms with Gasteiger partial charge in [0.05, 0.1) is 20.3 Å². The monoisotopic (exact) mass is 457 g/mol. The number of carbonyl (C=O) groups is 1. The summed E-state index contributed by atoms with van der Waals surface area (Å²) in [4.78, 5) is 11.9. The normalized spacial score (nSPS) is 19.0. The fourth-order valence-corrected chi connectivity index (χ4v) is 4.00. The van der Waals surface area contributed by atoms with E-state index in [0.29, 0.717) is 19.6 Å². The molecule has 0 radical (unpaired) electrons. The summed E-state index contributed by atoms with van der Waals surface area (Å²) in [6.07, 6.45) is -1.04. The summed E-state index contributed by atoms with van der Waals surface area (Å²) in [6.45, 7) is 13.6. The summed E-state index contributed by atoms with van der Waals surface area (Å²) in [5, 5.41) is 2.79. The van der Waals surface area contributed by atoms with E-state index < -0.39 is 32.7 Å². The number of amides is 1. The highest BCUT2D eigenvalue weighted by Gasteiger charge is 2.45. The number of hydrogen-bond donors (Lipinski definition) is 1. The van der Waals surface area contributed by atoms with Crippen molar-refractivity contribution in [2.24, 2.45) is 0 Å². The van der Waals surface area contributed by atoms with Gasteiger partial charge in [-0.3, -0.25) is 0 Å². The minimum Gasteiger partial charge on any atom is -0.497 e. The van der Waals surface area contributed by atoms with E-state index in [1.807, 2.05) is 24.3 Å². The molecule has 6 nitrogen and oxygen atoms in total. The fourth-order valence-electron chi connectivity index (χ4n) is 2.82. The molecular weight excluding hydrogens is 422 g/mol. The van der Waals surface area contributed by atoms with Crippen LogP contribution >= 0.6 is 0 Å². The van der Waals surface area contributed by atoms with Gasteiger partial charge in [-0.2, -0.15) is 0 Å². The van der Waals surface area contributed by atoms with E-state index in [4.69, 9.17) is 18.6 Å². The van der Waals surface area contributed by atoms with Gasteiger partial charge in [0.2, 0.25) is 0 Å². The zero-order valence-corrected chi connectivity index (χ0v) is 21.2. The van der Waals surface area contributed by atoms with Crippen LogP contribution in [0, 0.1) is 23.7 Å². The lowest BCUT2D eigenvalue weighted by atomic mass is 10.1. The van der Waals surface area contributed by atoms with Crippen molar-refractivity contribution in [3.63, 3.8) is 0 Å². The maximum Gasteiger partial charge on any atom is 0.408 e. The van der Waals surface area contributed by atoms with Crippen molar-refractivity contribution in [2.75, 3.05) is 13.7 Å². The summed E-state index contributed by atoms with van der Waals surface area (Å²) in [5.74, 6) is 13.0. The molecule has 32 heavy (non-hydrogen) atoms. The molecule has 7 heteroatoms. The van der Waals surface area contributed by atoms with Gasteiger partial charge >= 0.3 is 6.09 Å². The second-order valence-electron chi connectivity index (χ2n) is 9.16. The molecule has 0 aliphatic carbocycles. The van der Waals surface area contributed by atoms with Crippen LogP contribution in [0.15, 0.2) is 24.3 Å². The molecule has 1 N–H and O–H groups in total. The Kier molecular flexibility index (Phi) is 9.21. The quantitative estimate of drug-likeness (QED) is 0.354. The molecule has 1 heterocycles. The number of cyclic esters (lactones) is 1. The average molecular weight is 458 g/mol. The number of hydrogen-bond acceptors (Lipinski definition) is 5. The highest BCUT2D eigenvalue weighted by molar-refractivity contribution is 6.74. The molecule has 0 saturated carbocycles. The third kappa shape index (κ3) is 7.31. The minimum absolute atomic E-state index is 0.0130. The molecule has 0 spiro atoms. The topological polar surface area (TPSA) is 66.0 Å². The third-order valence-corrected chi connectivity index (χ3v) is 10.2. The Bertz CT molecular complexity index is 883. The minimum atomic E-state index is -2.11. The second-order valence-corrected chi connectivity index (χ2v) is 13.9. The summed E-state index contributed by atoms with van der Waals surface area (Å²) >= 11 is 0. The van der Waals surface area contributed by atoms with Crippen molar-refractivity contribution in [1.29, 1.82) is 0 Å². The van der Waals surface area contributed by atoms with Crippen LogP contribution in [0.3, 0.4) is 0 Å². The van der Waals surface area contributed by atoms with E-state index in [-0.39, 0.29) is 5.04 Å². The molecular formula is C25H35NO5Si. The molecule has 174 valence electrons. The van der Waals surface area contributed by atoms with Gasteiger partial charge in [-0.1, -0.05) is 50.7 Å². The van der Waals surface area contributed by atoms with Gasteiger partial charge in [0.15, 0.2) is 14.4 Å². The van der Waals surface area contributed by atoms with Crippen molar-refractivity contribution in [2.45, 2.75) is 77.1 Å². The largest absolute Gasteiger partial charge is 0.497 e. The van der Waals surface area contributed by atoms with Gasteiger partial charge < -0.3 is 24.0 Å². The van der Waals surface area contributed by atoms with Crippen molar-refractivity contribution in [1.82, 2.24) is 5.32 Å². The summed E-state index contributed by atoms with van der Waals surface area (Å²) in [6, 6.07) is 7.28. The van der Waals surface area contributed by atoms with E-state index in [9.17, 15) is 4.79 Å². The van der Waals surface area contributed by atoms with E-state index in [0.717, 1.165) is 11.3 Å². The van der Waals surface area contributed by atoms with Crippen LogP contribution in [0.4, 0.5) is 4.79 Å². The van der Waals surface area contributed by atoms with E-state index in [1.54, 1.807) is 14.0 Å². The lowest BCUT2D eigenvalue weighted by molar-refractivity contribution is 0.0622. The first-order valence-corrected chi connectivity index (χ1v) is 13.7. The van der Waals surface area contributed by atoms with Gasteiger partial charge in [0.1, 0.15) is 17.9 Å². The van der Waals surface area contributed by atoms with Crippen LogP contribution in [-0.4, -0.2) is 46.4 Å². The number of methoxy groups -OCH3 is 1. The predicted molar refractivity (Wildman–Crippen MR) is 128 cm³/mol. The maximum atomic E-state index is 11.9. The number of ether oxygens (including phenoxy) is 3. The first-order chi connectivity index (χ1) is 15.1. The van der Waals surface area contributed by atoms with Crippen LogP contribution in [0.5, 0.6) is 5.75 Å². The molecule has 0 bridgehead atoms. The van der Waals surface area contributed by atoms with Gasteiger partial charge in [-0.15, -0.1) is 5.92 Å². The van der Waals surface area contributed by atoms with Crippen LogP contribution in [0.2, 0.25) is 18.1 Å². The number of benzene rings is 1. The van der Waals surface area contributed by atoms with Crippen molar-refractivity contribution < 1.29 is 23.4 Å². The molecule has 1 aliphatic heterocycles. The molecule has 1 saturated heterocycles. The highest BCUT2D eigenvalue weighted by Crippen LogP contribution is 2.38. The molecule has 1 aliphatic rings. The average Bonchev–Trinajstić information content (AvgIpc) is 3.10. The van der Waals surface area contributed by atoms with Crippen LogP contribution in [0.25, 0.3) is 0 Å². The smallest absolute Gasteiger partial charge is 0.408 e. The van der Waals surface area contributed by atoms with Crippen LogP contribution < -0.4 is 10.1 Å².